The maximum Gasteiger partial charge on any atom is 0.184 e. The molecule has 5 nitrogen and oxygen atoms in total. The summed E-state index contributed by atoms with van der Waals surface area (Å²) in [6.45, 7) is 5.90. The van der Waals surface area contributed by atoms with Crippen LogP contribution in [0, 0.1) is 5.82 Å². The Balaban J connectivity index is 1.24. The largest absolute Gasteiger partial charge is 0.486 e. The number of rotatable bonds is 4. The van der Waals surface area contributed by atoms with E-state index < -0.39 is 0 Å². The van der Waals surface area contributed by atoms with Crippen molar-refractivity contribution in [3.05, 3.63) is 72.2 Å². The van der Waals surface area contributed by atoms with Gasteiger partial charge in [0.05, 0.1) is 11.4 Å². The van der Waals surface area contributed by atoms with Gasteiger partial charge in [0.1, 0.15) is 19.0 Å². The molecule has 1 saturated heterocycles. The Morgan fingerprint density at radius 3 is 2.53 bits per heavy atom. The molecule has 0 aliphatic carbocycles. The number of fused-ring (bicyclic) bond motifs is 1. The lowest BCUT2D eigenvalue weighted by atomic mass is 10.1. The number of ether oxygens (including phenoxy) is 2. The SMILES string of the molecule is Fc1ccc(-c2cc(CN3CCN(c4cccc5c4OCCO5)CC3)ccn2)cc1. The molecule has 0 N–H and O–H groups in total. The zero-order valence-electron chi connectivity index (χ0n) is 16.8. The van der Waals surface area contributed by atoms with Crippen LogP contribution < -0.4 is 14.4 Å². The summed E-state index contributed by atoms with van der Waals surface area (Å²) in [4.78, 5) is 9.28. The van der Waals surface area contributed by atoms with Gasteiger partial charge in [0.2, 0.25) is 0 Å². The van der Waals surface area contributed by atoms with Gasteiger partial charge in [0.25, 0.3) is 0 Å². The molecule has 0 saturated carbocycles. The van der Waals surface area contributed by atoms with Crippen molar-refractivity contribution in [3.63, 3.8) is 0 Å². The van der Waals surface area contributed by atoms with Crippen LogP contribution in [0.5, 0.6) is 11.5 Å². The smallest absolute Gasteiger partial charge is 0.184 e. The third-order valence-corrected chi connectivity index (χ3v) is 5.63. The van der Waals surface area contributed by atoms with Crippen LogP contribution in [-0.4, -0.2) is 49.3 Å². The maximum absolute atomic E-state index is 13.2. The summed E-state index contributed by atoms with van der Waals surface area (Å²) in [6.07, 6.45) is 1.83. The summed E-state index contributed by atoms with van der Waals surface area (Å²) in [5, 5.41) is 0. The van der Waals surface area contributed by atoms with Crippen LogP contribution in [0.15, 0.2) is 60.8 Å². The van der Waals surface area contributed by atoms with E-state index in [4.69, 9.17) is 9.47 Å². The first kappa shape index (κ1) is 18.9. The Hall–Kier alpha value is -3.12. The lowest BCUT2D eigenvalue weighted by Crippen LogP contribution is -2.46. The van der Waals surface area contributed by atoms with Crippen LogP contribution in [0.25, 0.3) is 11.3 Å². The molecule has 30 heavy (non-hydrogen) atoms. The monoisotopic (exact) mass is 405 g/mol. The average Bonchev–Trinajstić information content (AvgIpc) is 2.80. The zero-order chi connectivity index (χ0) is 20.3. The number of nitrogens with zero attached hydrogens (tertiary/aromatic N) is 3. The first-order chi connectivity index (χ1) is 14.8. The van der Waals surface area contributed by atoms with Crippen LogP contribution in [0.4, 0.5) is 10.1 Å². The minimum Gasteiger partial charge on any atom is -0.486 e. The highest BCUT2D eigenvalue weighted by atomic mass is 19.1. The Labute approximate surface area is 175 Å². The van der Waals surface area contributed by atoms with Crippen molar-refractivity contribution in [2.45, 2.75) is 6.54 Å². The van der Waals surface area contributed by atoms with E-state index in [-0.39, 0.29) is 5.82 Å². The second-order valence-corrected chi connectivity index (χ2v) is 7.62. The molecule has 2 aromatic carbocycles. The van der Waals surface area contributed by atoms with Crippen molar-refractivity contribution >= 4 is 5.69 Å². The van der Waals surface area contributed by atoms with Gasteiger partial charge in [-0.25, -0.2) is 4.39 Å². The summed E-state index contributed by atoms with van der Waals surface area (Å²) in [5.41, 5.74) is 4.14. The minimum atomic E-state index is -0.232. The molecule has 0 bridgehead atoms. The van der Waals surface area contributed by atoms with Gasteiger partial charge in [0, 0.05) is 44.5 Å². The highest BCUT2D eigenvalue weighted by molar-refractivity contribution is 5.65. The molecule has 0 atom stereocenters. The van der Waals surface area contributed by atoms with E-state index in [9.17, 15) is 4.39 Å². The highest BCUT2D eigenvalue weighted by Gasteiger charge is 2.23. The predicted octanol–water partition coefficient (Wildman–Crippen LogP) is 3.98. The molecule has 0 spiro atoms. The lowest BCUT2D eigenvalue weighted by molar-refractivity contribution is 0.171. The highest BCUT2D eigenvalue weighted by Crippen LogP contribution is 2.39. The molecular formula is C24H24FN3O2. The molecule has 0 unspecified atom stereocenters. The Bertz CT molecular complexity index is 1020. The molecule has 6 heteroatoms. The number of piperazine rings is 1. The van der Waals surface area contributed by atoms with Crippen molar-refractivity contribution in [2.24, 2.45) is 0 Å². The number of halogens is 1. The third kappa shape index (κ3) is 3.96. The quantitative estimate of drug-likeness (QED) is 0.656. The molecular weight excluding hydrogens is 381 g/mol. The van der Waals surface area contributed by atoms with Gasteiger partial charge < -0.3 is 14.4 Å². The van der Waals surface area contributed by atoms with Crippen molar-refractivity contribution in [1.82, 2.24) is 9.88 Å². The van der Waals surface area contributed by atoms with Crippen LogP contribution >= 0.6 is 0 Å². The van der Waals surface area contributed by atoms with E-state index in [0.717, 1.165) is 61.2 Å². The van der Waals surface area contributed by atoms with E-state index >= 15 is 0 Å². The molecule has 1 fully saturated rings. The first-order valence-electron chi connectivity index (χ1n) is 10.3. The van der Waals surface area contributed by atoms with Gasteiger partial charge in [-0.15, -0.1) is 0 Å². The first-order valence-corrected chi connectivity index (χ1v) is 10.3. The standard InChI is InChI=1S/C24H24FN3O2/c25-20-6-4-19(5-7-20)21-16-18(8-9-26-21)17-27-10-12-28(13-11-27)22-2-1-3-23-24(22)30-15-14-29-23/h1-9,16H,10-15,17H2. The van der Waals surface area contributed by atoms with Crippen molar-refractivity contribution in [2.75, 3.05) is 44.3 Å². The number of aromatic nitrogens is 1. The molecule has 3 aromatic rings. The van der Waals surface area contributed by atoms with Gasteiger partial charge in [-0.1, -0.05) is 6.07 Å². The van der Waals surface area contributed by atoms with Crippen molar-refractivity contribution in [1.29, 1.82) is 0 Å². The van der Waals surface area contributed by atoms with Gasteiger partial charge in [-0.3, -0.25) is 9.88 Å². The second-order valence-electron chi connectivity index (χ2n) is 7.62. The van der Waals surface area contributed by atoms with E-state index in [0.29, 0.717) is 13.2 Å². The number of pyridine rings is 1. The number of benzene rings is 2. The van der Waals surface area contributed by atoms with E-state index in [1.807, 2.05) is 18.3 Å². The fourth-order valence-corrected chi connectivity index (χ4v) is 4.06. The molecule has 5 rings (SSSR count). The van der Waals surface area contributed by atoms with Gasteiger partial charge in [-0.2, -0.15) is 0 Å². The van der Waals surface area contributed by atoms with Gasteiger partial charge in [0.15, 0.2) is 11.5 Å². The third-order valence-electron chi connectivity index (χ3n) is 5.63. The molecule has 3 heterocycles. The van der Waals surface area contributed by atoms with Crippen LogP contribution in [0.3, 0.4) is 0 Å². The Morgan fingerprint density at radius 1 is 0.900 bits per heavy atom. The summed E-state index contributed by atoms with van der Waals surface area (Å²) in [7, 11) is 0. The average molecular weight is 405 g/mol. The Morgan fingerprint density at radius 2 is 1.70 bits per heavy atom. The molecule has 0 amide bonds. The van der Waals surface area contributed by atoms with E-state index in [1.165, 1.54) is 17.7 Å². The summed E-state index contributed by atoms with van der Waals surface area (Å²) in [5.74, 6) is 1.48. The summed E-state index contributed by atoms with van der Waals surface area (Å²) in [6, 6.07) is 16.7. The fraction of sp³-hybridized carbons (Fsp3) is 0.292. The maximum atomic E-state index is 13.2. The fourth-order valence-electron chi connectivity index (χ4n) is 4.06. The normalized spacial score (nSPS) is 16.5. The van der Waals surface area contributed by atoms with Crippen LogP contribution in [0.2, 0.25) is 0 Å². The number of hydrogen-bond donors (Lipinski definition) is 0. The van der Waals surface area contributed by atoms with Crippen LogP contribution in [0.1, 0.15) is 5.56 Å². The lowest BCUT2D eigenvalue weighted by Gasteiger charge is -2.37. The van der Waals surface area contributed by atoms with E-state index in [1.54, 1.807) is 12.1 Å². The van der Waals surface area contributed by atoms with Crippen molar-refractivity contribution in [3.8, 4) is 22.8 Å². The minimum absolute atomic E-state index is 0.232. The number of anilines is 1. The molecule has 2 aliphatic heterocycles. The molecule has 1 aromatic heterocycles. The number of para-hydroxylation sites is 1. The van der Waals surface area contributed by atoms with Gasteiger partial charge >= 0.3 is 0 Å². The summed E-state index contributed by atoms with van der Waals surface area (Å²) < 4.78 is 24.8. The number of hydrogen-bond acceptors (Lipinski definition) is 5. The van der Waals surface area contributed by atoms with Crippen molar-refractivity contribution < 1.29 is 13.9 Å². The molecule has 154 valence electrons. The van der Waals surface area contributed by atoms with Crippen LogP contribution in [-0.2, 0) is 6.54 Å². The molecule has 2 aliphatic rings. The Kier molecular flexibility index (Phi) is 5.24. The predicted molar refractivity (Wildman–Crippen MR) is 115 cm³/mol. The second kappa shape index (κ2) is 8.32. The molecule has 0 radical (unpaired) electrons. The van der Waals surface area contributed by atoms with Gasteiger partial charge in [-0.05, 0) is 54.1 Å². The van der Waals surface area contributed by atoms with E-state index in [2.05, 4.69) is 33.0 Å². The zero-order valence-corrected chi connectivity index (χ0v) is 16.8. The topological polar surface area (TPSA) is 37.8 Å². The summed E-state index contributed by atoms with van der Waals surface area (Å²) >= 11 is 0.